The van der Waals surface area contributed by atoms with Gasteiger partial charge in [-0.2, -0.15) is 0 Å². The van der Waals surface area contributed by atoms with Gasteiger partial charge >= 0.3 is 0 Å². The summed E-state index contributed by atoms with van der Waals surface area (Å²) in [6.07, 6.45) is 6.30. The molecule has 1 amide bonds. The number of hydrogen-bond donors (Lipinski definition) is 5. The number of benzene rings is 1. The first-order chi connectivity index (χ1) is 18.5. The van der Waals surface area contributed by atoms with Crippen molar-refractivity contribution in [3.63, 3.8) is 0 Å². The Morgan fingerprint density at radius 1 is 1.10 bits per heavy atom. The number of aliphatic hydroxyl groups is 3. The van der Waals surface area contributed by atoms with Crippen molar-refractivity contribution in [1.29, 1.82) is 0 Å². The van der Waals surface area contributed by atoms with Crippen molar-refractivity contribution >= 4 is 5.91 Å². The monoisotopic (exact) mass is 543 g/mol. The number of carbonyl (C=O) groups is 1. The van der Waals surface area contributed by atoms with Crippen molar-refractivity contribution in [1.82, 2.24) is 5.32 Å². The number of methoxy groups -OCH3 is 1. The molecular weight excluding hydrogens is 494 g/mol. The molecule has 0 aliphatic heterocycles. The lowest BCUT2D eigenvalue weighted by atomic mass is 9.43. The molecule has 0 radical (unpaired) electrons. The third-order valence-electron chi connectivity index (χ3n) is 12.1. The molecule has 11 atom stereocenters. The van der Waals surface area contributed by atoms with Crippen LogP contribution in [0.3, 0.4) is 0 Å². The van der Waals surface area contributed by atoms with Gasteiger partial charge < -0.3 is 30.5 Å². The molecule has 5 rings (SSSR count). The van der Waals surface area contributed by atoms with Gasteiger partial charge in [-0.15, -0.1) is 0 Å². The zero-order chi connectivity index (χ0) is 28.1. The van der Waals surface area contributed by atoms with Crippen LogP contribution in [0.25, 0.3) is 0 Å². The number of hydrogen-bond acceptors (Lipinski definition) is 6. The summed E-state index contributed by atoms with van der Waals surface area (Å²) in [5.41, 5.74) is 0.693. The number of amides is 1. The largest absolute Gasteiger partial charge is 0.504 e. The first-order valence-corrected chi connectivity index (χ1v) is 15.2. The second-order valence-electron chi connectivity index (χ2n) is 13.8. The molecule has 4 aliphatic rings. The van der Waals surface area contributed by atoms with Gasteiger partial charge in [-0.3, -0.25) is 4.79 Å². The van der Waals surface area contributed by atoms with E-state index in [-0.39, 0.29) is 46.5 Å². The Hall–Kier alpha value is -1.83. The fourth-order valence-electron chi connectivity index (χ4n) is 9.81. The van der Waals surface area contributed by atoms with Crippen LogP contribution in [0.2, 0.25) is 0 Å². The quantitative estimate of drug-likeness (QED) is 0.348. The zero-order valence-corrected chi connectivity index (χ0v) is 24.1. The van der Waals surface area contributed by atoms with Crippen LogP contribution in [-0.4, -0.2) is 51.8 Å². The molecule has 0 spiro atoms. The van der Waals surface area contributed by atoms with E-state index >= 15 is 0 Å². The van der Waals surface area contributed by atoms with Gasteiger partial charge in [0.05, 0.1) is 25.4 Å². The van der Waals surface area contributed by atoms with Crippen molar-refractivity contribution in [3.8, 4) is 11.5 Å². The fourth-order valence-corrected chi connectivity index (χ4v) is 9.81. The van der Waals surface area contributed by atoms with E-state index in [1.54, 1.807) is 18.2 Å². The summed E-state index contributed by atoms with van der Waals surface area (Å²) < 4.78 is 5.16. The van der Waals surface area contributed by atoms with E-state index in [0.29, 0.717) is 42.4 Å². The number of nitrogens with one attached hydrogen (secondary N) is 1. The molecule has 7 heteroatoms. The van der Waals surface area contributed by atoms with Crippen molar-refractivity contribution in [2.24, 2.45) is 46.3 Å². The lowest BCUT2D eigenvalue weighted by Crippen LogP contribution is -2.62. The standard InChI is InChI=1S/C32H49NO6/c1-18(5-10-29(38)33-17-19-6-9-25(35)27(13-19)39-4)22-7-8-23-30-24(16-28(37)32(22,23)3)31(2)12-11-21(34)14-20(31)15-26(30)36/h6,9,13,18,20-24,26,28,30,34-37H,5,7-8,10-12,14-17H2,1-4H3,(H,33,38)/t18-,20+,21-,22-,23-,24-,26-,28+,30-,31+,32-/m0/s1. The van der Waals surface area contributed by atoms with Gasteiger partial charge in [0, 0.05) is 13.0 Å². The number of aromatic hydroxyl groups is 1. The Morgan fingerprint density at radius 2 is 1.87 bits per heavy atom. The number of aliphatic hydroxyl groups excluding tert-OH is 3. The van der Waals surface area contributed by atoms with E-state index in [1.807, 2.05) is 0 Å². The number of carbonyl (C=O) groups excluding carboxylic acids is 1. The van der Waals surface area contributed by atoms with Crippen LogP contribution in [-0.2, 0) is 11.3 Å². The van der Waals surface area contributed by atoms with E-state index in [1.165, 1.54) is 7.11 Å². The maximum absolute atomic E-state index is 12.7. The highest BCUT2D eigenvalue weighted by Gasteiger charge is 2.65. The Balaban J connectivity index is 1.22. The molecule has 1 aromatic carbocycles. The minimum absolute atomic E-state index is 0.000922. The summed E-state index contributed by atoms with van der Waals surface area (Å²) in [6.45, 7) is 7.23. The summed E-state index contributed by atoms with van der Waals surface area (Å²) in [4.78, 5) is 12.7. The van der Waals surface area contributed by atoms with E-state index in [9.17, 15) is 25.2 Å². The van der Waals surface area contributed by atoms with Crippen molar-refractivity contribution in [3.05, 3.63) is 23.8 Å². The van der Waals surface area contributed by atoms with E-state index < -0.39 is 6.10 Å². The fraction of sp³-hybridized carbons (Fsp3) is 0.781. The molecule has 5 N–H and O–H groups in total. The van der Waals surface area contributed by atoms with Gasteiger partial charge in [0.1, 0.15) is 0 Å². The van der Waals surface area contributed by atoms with Crippen LogP contribution >= 0.6 is 0 Å². The summed E-state index contributed by atoms with van der Waals surface area (Å²) in [7, 11) is 1.50. The van der Waals surface area contributed by atoms with E-state index in [0.717, 1.165) is 56.9 Å². The van der Waals surface area contributed by atoms with E-state index in [4.69, 9.17) is 4.74 Å². The zero-order valence-electron chi connectivity index (χ0n) is 24.1. The Labute approximate surface area is 233 Å². The molecule has 1 aromatic rings. The van der Waals surface area contributed by atoms with Gasteiger partial charge in [-0.05, 0) is 115 Å². The van der Waals surface area contributed by atoms with E-state index in [2.05, 4.69) is 26.1 Å². The normalized spacial score (nSPS) is 42.1. The second kappa shape index (κ2) is 10.9. The smallest absolute Gasteiger partial charge is 0.220 e. The molecule has 0 heterocycles. The van der Waals surface area contributed by atoms with Crippen LogP contribution in [0, 0.1) is 46.3 Å². The maximum atomic E-state index is 12.7. The Morgan fingerprint density at radius 3 is 2.62 bits per heavy atom. The third-order valence-corrected chi connectivity index (χ3v) is 12.1. The predicted octanol–water partition coefficient (Wildman–Crippen LogP) is 4.39. The third kappa shape index (κ3) is 4.97. The molecule has 7 nitrogen and oxygen atoms in total. The molecule has 0 saturated heterocycles. The average molecular weight is 544 g/mol. The molecular formula is C32H49NO6. The highest BCUT2D eigenvalue weighted by Crippen LogP contribution is 2.68. The number of phenolic OH excluding ortho intramolecular Hbond substituents is 1. The highest BCUT2D eigenvalue weighted by molar-refractivity contribution is 5.75. The molecule has 39 heavy (non-hydrogen) atoms. The minimum atomic E-state index is -0.411. The van der Waals surface area contributed by atoms with Crippen LogP contribution in [0.5, 0.6) is 11.5 Å². The van der Waals surface area contributed by atoms with Gasteiger partial charge in [-0.1, -0.05) is 26.8 Å². The summed E-state index contributed by atoms with van der Waals surface area (Å²) in [6, 6.07) is 5.07. The van der Waals surface area contributed by atoms with Gasteiger partial charge in [-0.25, -0.2) is 0 Å². The highest BCUT2D eigenvalue weighted by atomic mass is 16.5. The molecule has 0 aromatic heterocycles. The lowest BCUT2D eigenvalue weighted by Gasteiger charge is -2.63. The maximum Gasteiger partial charge on any atom is 0.220 e. The van der Waals surface area contributed by atoms with Gasteiger partial charge in [0.15, 0.2) is 11.5 Å². The molecule has 4 aliphatic carbocycles. The number of rotatable bonds is 7. The van der Waals surface area contributed by atoms with Crippen LogP contribution in [0.15, 0.2) is 18.2 Å². The van der Waals surface area contributed by atoms with Crippen LogP contribution in [0.1, 0.15) is 84.1 Å². The van der Waals surface area contributed by atoms with Gasteiger partial charge in [0.2, 0.25) is 5.91 Å². The summed E-state index contributed by atoms with van der Waals surface area (Å²) >= 11 is 0. The first kappa shape index (κ1) is 28.7. The molecule has 0 unspecified atom stereocenters. The molecule has 218 valence electrons. The summed E-state index contributed by atoms with van der Waals surface area (Å²) in [5.74, 6) is 2.19. The minimum Gasteiger partial charge on any atom is -0.504 e. The number of ether oxygens (including phenoxy) is 1. The number of phenols is 1. The van der Waals surface area contributed by atoms with Crippen LogP contribution in [0.4, 0.5) is 0 Å². The Bertz CT molecular complexity index is 1050. The molecule has 4 saturated carbocycles. The first-order valence-electron chi connectivity index (χ1n) is 15.2. The summed E-state index contributed by atoms with van der Waals surface area (Å²) in [5, 5.41) is 46.3. The van der Waals surface area contributed by atoms with Crippen molar-refractivity contribution < 1.29 is 30.0 Å². The average Bonchev–Trinajstić information content (AvgIpc) is 3.26. The van der Waals surface area contributed by atoms with Crippen molar-refractivity contribution in [2.75, 3.05) is 7.11 Å². The SMILES string of the molecule is COc1cc(CNC(=O)CC[C@H](C)[C@@H]2CC[C@H]3[C@@H]4[C@@H](O)C[C@H]5C[C@@H](O)CC[C@@]5(C)[C@H]4C[C@@H](O)[C@]32C)ccc1O. The van der Waals surface area contributed by atoms with Gasteiger partial charge in [0.25, 0.3) is 0 Å². The predicted molar refractivity (Wildman–Crippen MR) is 149 cm³/mol. The van der Waals surface area contributed by atoms with Crippen LogP contribution < -0.4 is 10.1 Å². The molecule has 4 fully saturated rings. The van der Waals surface area contributed by atoms with Crippen molar-refractivity contribution in [2.45, 2.75) is 103 Å². The second-order valence-corrected chi connectivity index (χ2v) is 13.8. The lowest BCUT2D eigenvalue weighted by molar-refractivity contribution is -0.207. The Kier molecular flexibility index (Phi) is 7.99. The number of fused-ring (bicyclic) bond motifs is 5. The topological polar surface area (TPSA) is 119 Å². The molecule has 0 bridgehead atoms.